The molecule has 0 aliphatic heterocycles. The Hall–Kier alpha value is -2.48. The number of ether oxygens (including phenoxy) is 1. The normalized spacial score (nSPS) is 14.5. The van der Waals surface area contributed by atoms with Crippen LogP contribution in [0.1, 0.15) is 37.1 Å². The number of halogens is 6. The van der Waals surface area contributed by atoms with Crippen molar-refractivity contribution in [1.82, 2.24) is 4.90 Å². The average molecular weight is 473 g/mol. The highest BCUT2D eigenvalue weighted by atomic mass is 32.1. The molecule has 0 atom stereocenters. The van der Waals surface area contributed by atoms with E-state index in [4.69, 9.17) is 0 Å². The topological polar surface area (TPSA) is 77.8 Å². The lowest BCUT2D eigenvalue weighted by atomic mass is 10.3. The fraction of sp³-hybridized carbons (Fsp3) is 0.375. The van der Waals surface area contributed by atoms with Crippen LogP contribution in [0, 0.1) is 0 Å². The van der Waals surface area contributed by atoms with Gasteiger partial charge in [-0.1, -0.05) is 0 Å². The largest absolute Gasteiger partial charge is 0.491 e. The van der Waals surface area contributed by atoms with Crippen LogP contribution in [0.25, 0.3) is 0 Å². The standard InChI is InChI=1S/C16H10F6N2O4S2/c17-15(18,19)11(25)9-3-4-10(30-9)12(26)24(7-1-2-7)6-8-5-23-14(29-8)28-13(27)16(20,21)22/h3-5,7H,1-2,6H2/p+1. The molecule has 2 aromatic heterocycles. The lowest BCUT2D eigenvalue weighted by Gasteiger charge is -2.20. The van der Waals surface area contributed by atoms with Crippen LogP contribution >= 0.6 is 22.7 Å². The number of thiazole rings is 1. The zero-order valence-electron chi connectivity index (χ0n) is 14.6. The third-order valence-electron chi connectivity index (χ3n) is 3.86. The lowest BCUT2D eigenvalue weighted by Crippen LogP contribution is -2.31. The van der Waals surface area contributed by atoms with E-state index in [0.717, 1.165) is 12.1 Å². The summed E-state index contributed by atoms with van der Waals surface area (Å²) in [6.07, 6.45) is -7.66. The summed E-state index contributed by atoms with van der Waals surface area (Å²) in [4.78, 5) is 38.3. The summed E-state index contributed by atoms with van der Waals surface area (Å²) in [6, 6.07) is 1.86. The highest BCUT2D eigenvalue weighted by molar-refractivity contribution is 7.16. The van der Waals surface area contributed by atoms with Crippen LogP contribution in [0.15, 0.2) is 18.3 Å². The first kappa shape index (κ1) is 22.2. The quantitative estimate of drug-likeness (QED) is 0.365. The number of hydrogen-bond acceptors (Lipinski definition) is 6. The summed E-state index contributed by atoms with van der Waals surface area (Å²) in [5, 5.41) is -0.426. The molecule has 1 saturated carbocycles. The highest BCUT2D eigenvalue weighted by Crippen LogP contribution is 2.33. The van der Waals surface area contributed by atoms with E-state index in [9.17, 15) is 40.7 Å². The predicted octanol–water partition coefficient (Wildman–Crippen LogP) is 3.64. The van der Waals surface area contributed by atoms with Crippen molar-refractivity contribution in [2.45, 2.75) is 37.8 Å². The first-order valence-electron chi connectivity index (χ1n) is 8.18. The van der Waals surface area contributed by atoms with Gasteiger partial charge in [-0.2, -0.15) is 31.3 Å². The van der Waals surface area contributed by atoms with Gasteiger partial charge in [0.1, 0.15) is 0 Å². The molecule has 14 heteroatoms. The minimum atomic E-state index is -5.17. The minimum absolute atomic E-state index is 0.0608. The summed E-state index contributed by atoms with van der Waals surface area (Å²) in [5.41, 5.74) is 0. The second-order valence-corrected chi connectivity index (χ2v) is 8.37. The molecule has 1 N–H and O–H groups in total. The fourth-order valence-electron chi connectivity index (χ4n) is 2.36. The van der Waals surface area contributed by atoms with Gasteiger partial charge in [0.2, 0.25) is 0 Å². The molecule has 1 fully saturated rings. The Labute approximate surface area is 172 Å². The molecule has 1 aliphatic carbocycles. The number of amides is 1. The number of carbonyl (C=O) groups is 3. The van der Waals surface area contributed by atoms with Crippen LogP contribution in [0.4, 0.5) is 26.3 Å². The molecule has 0 unspecified atom stereocenters. The van der Waals surface area contributed by atoms with E-state index in [1.807, 2.05) is 0 Å². The Bertz CT molecular complexity index is 977. The van der Waals surface area contributed by atoms with Crippen LogP contribution in [0.3, 0.4) is 0 Å². The van der Waals surface area contributed by atoms with E-state index < -0.39 is 40.1 Å². The Morgan fingerprint density at radius 3 is 2.23 bits per heavy atom. The fourth-order valence-corrected chi connectivity index (χ4v) is 4.08. The Balaban J connectivity index is 1.72. The summed E-state index contributed by atoms with van der Waals surface area (Å²) in [7, 11) is 0. The Morgan fingerprint density at radius 2 is 1.67 bits per heavy atom. The van der Waals surface area contributed by atoms with Crippen LogP contribution in [0.5, 0.6) is 5.19 Å². The molecular weight excluding hydrogens is 462 g/mol. The Kier molecular flexibility index (Phi) is 5.91. The summed E-state index contributed by atoms with van der Waals surface area (Å²) in [5.74, 6) is -5.05. The van der Waals surface area contributed by atoms with Crippen molar-refractivity contribution in [1.29, 1.82) is 0 Å². The number of hydrogen-bond donors (Lipinski definition) is 0. The monoisotopic (exact) mass is 473 g/mol. The number of alkyl halides is 6. The van der Waals surface area contributed by atoms with E-state index in [1.54, 1.807) is 0 Å². The number of rotatable bonds is 6. The van der Waals surface area contributed by atoms with Crippen LogP contribution in [-0.4, -0.2) is 41.0 Å². The number of carbonyl (C=O) groups excluding carboxylic acids is 3. The van der Waals surface area contributed by atoms with E-state index in [2.05, 4.69) is 9.72 Å². The van der Waals surface area contributed by atoms with Crippen LogP contribution < -0.4 is 9.72 Å². The number of aromatic amines is 1. The van der Waals surface area contributed by atoms with Gasteiger partial charge in [-0.05, 0) is 36.3 Å². The maximum absolute atomic E-state index is 12.7. The van der Waals surface area contributed by atoms with Gasteiger partial charge in [-0.25, -0.2) is 4.79 Å². The molecule has 2 aromatic rings. The second kappa shape index (κ2) is 7.98. The molecule has 1 amide bonds. The average Bonchev–Trinajstić information content (AvgIpc) is 3.19. The van der Waals surface area contributed by atoms with Gasteiger partial charge in [-0.15, -0.1) is 11.3 Å². The number of ketones is 1. The minimum Gasteiger partial charge on any atom is -0.355 e. The summed E-state index contributed by atoms with van der Waals surface area (Å²) < 4.78 is 78.6. The maximum atomic E-state index is 12.7. The van der Waals surface area contributed by atoms with Crippen molar-refractivity contribution in [3.8, 4) is 5.19 Å². The molecule has 0 aromatic carbocycles. The van der Waals surface area contributed by atoms with Gasteiger partial charge in [0.15, 0.2) is 6.20 Å². The zero-order chi connectivity index (χ0) is 22.3. The van der Waals surface area contributed by atoms with Gasteiger partial charge in [0, 0.05) is 6.04 Å². The van der Waals surface area contributed by atoms with E-state index >= 15 is 0 Å². The number of aromatic nitrogens is 1. The summed E-state index contributed by atoms with van der Waals surface area (Å²) in [6.45, 7) is -0.0608. The molecule has 2 heterocycles. The molecule has 30 heavy (non-hydrogen) atoms. The number of H-pyrrole nitrogens is 1. The van der Waals surface area contributed by atoms with Gasteiger partial charge >= 0.3 is 23.5 Å². The van der Waals surface area contributed by atoms with Gasteiger partial charge in [0.25, 0.3) is 11.7 Å². The maximum Gasteiger partial charge on any atom is 0.491 e. The number of Topliss-reactive ketones (excluding diaryl/α,β-unsaturated/α-hetero) is 1. The first-order chi connectivity index (χ1) is 13.9. The first-order valence-corrected chi connectivity index (χ1v) is 9.81. The van der Waals surface area contributed by atoms with Gasteiger partial charge in [-0.3, -0.25) is 9.59 Å². The van der Waals surface area contributed by atoms with E-state index in [0.29, 0.717) is 40.4 Å². The lowest BCUT2D eigenvalue weighted by molar-refractivity contribution is -0.385. The highest BCUT2D eigenvalue weighted by Gasteiger charge is 2.43. The predicted molar refractivity (Wildman–Crippen MR) is 90.2 cm³/mol. The molecule has 0 spiro atoms. The molecule has 6 nitrogen and oxygen atoms in total. The van der Waals surface area contributed by atoms with Crippen molar-refractivity contribution in [2.24, 2.45) is 0 Å². The van der Waals surface area contributed by atoms with Crippen LogP contribution in [0.2, 0.25) is 0 Å². The van der Waals surface area contributed by atoms with Crippen LogP contribution in [-0.2, 0) is 11.3 Å². The molecule has 0 saturated heterocycles. The van der Waals surface area contributed by atoms with Crippen molar-refractivity contribution >= 4 is 40.3 Å². The molecule has 0 radical (unpaired) electrons. The van der Waals surface area contributed by atoms with E-state index in [1.165, 1.54) is 11.1 Å². The third-order valence-corrected chi connectivity index (χ3v) is 5.83. The van der Waals surface area contributed by atoms with Gasteiger partial charge < -0.3 is 9.64 Å². The van der Waals surface area contributed by atoms with Gasteiger partial charge in [0.05, 0.1) is 21.2 Å². The number of esters is 1. The SMILES string of the molecule is O=C(c1ccc(C(=O)C(F)(F)F)s1)N(Cc1c[nH+]c(OC(=O)C(F)(F)F)s1)C1CC1. The van der Waals surface area contributed by atoms with Crippen molar-refractivity contribution in [3.63, 3.8) is 0 Å². The smallest absolute Gasteiger partial charge is 0.355 e. The van der Waals surface area contributed by atoms with Crippen molar-refractivity contribution in [2.75, 3.05) is 0 Å². The Morgan fingerprint density at radius 1 is 1.03 bits per heavy atom. The van der Waals surface area contributed by atoms with E-state index in [-0.39, 0.29) is 17.5 Å². The van der Waals surface area contributed by atoms with Crippen molar-refractivity contribution in [3.05, 3.63) is 33.0 Å². The second-order valence-electron chi connectivity index (χ2n) is 6.19. The number of nitrogens with zero attached hydrogens (tertiary/aromatic N) is 1. The zero-order valence-corrected chi connectivity index (χ0v) is 16.2. The molecule has 162 valence electrons. The third kappa shape index (κ3) is 5.16. The molecular formula is C16H11F6N2O4S2+. The molecule has 1 aliphatic rings. The van der Waals surface area contributed by atoms with Crippen molar-refractivity contribution < 1.29 is 50.4 Å². The number of nitrogens with one attached hydrogen (secondary N) is 1. The summed E-state index contributed by atoms with van der Waals surface area (Å²) >= 11 is 1.10. The molecule has 0 bridgehead atoms. The molecule has 3 rings (SSSR count). The number of thiophene rings is 1.